The molecule has 112 valence electrons. The number of aryl methyl sites for hydroxylation is 1. The Labute approximate surface area is 121 Å². The zero-order valence-electron chi connectivity index (χ0n) is 13.0. The Kier molecular flexibility index (Phi) is 4.81. The first-order valence-corrected chi connectivity index (χ1v) is 7.52. The van der Waals surface area contributed by atoms with Crippen LogP contribution < -0.4 is 5.32 Å². The van der Waals surface area contributed by atoms with Crippen LogP contribution in [0.1, 0.15) is 45.9 Å². The predicted molar refractivity (Wildman–Crippen MR) is 79.6 cm³/mol. The molecule has 0 saturated carbocycles. The molecule has 1 aromatic heterocycles. The third-order valence-corrected chi connectivity index (χ3v) is 3.74. The van der Waals surface area contributed by atoms with E-state index < -0.39 is 0 Å². The molecular formula is C15H26N4O. The van der Waals surface area contributed by atoms with Gasteiger partial charge in [-0.25, -0.2) is 4.98 Å². The summed E-state index contributed by atoms with van der Waals surface area (Å²) in [6.07, 6.45) is 4.33. The number of hydrogen-bond acceptors (Lipinski definition) is 3. The highest BCUT2D eigenvalue weighted by Gasteiger charge is 2.24. The molecule has 1 fully saturated rings. The van der Waals surface area contributed by atoms with Crippen LogP contribution in [-0.4, -0.2) is 45.5 Å². The minimum Gasteiger partial charge on any atom is -0.340 e. The first kappa shape index (κ1) is 15.0. The molecule has 1 aliphatic heterocycles. The smallest absolute Gasteiger partial charge is 0.224 e. The van der Waals surface area contributed by atoms with E-state index in [-0.39, 0.29) is 5.91 Å². The average molecular weight is 278 g/mol. The van der Waals surface area contributed by atoms with Crippen molar-refractivity contribution in [2.75, 3.05) is 13.1 Å². The molecule has 0 radical (unpaired) electrons. The number of rotatable bonds is 4. The Bertz CT molecular complexity index is 444. The summed E-state index contributed by atoms with van der Waals surface area (Å²) in [5, 5.41) is 3.45. The van der Waals surface area contributed by atoms with Crippen molar-refractivity contribution in [3.63, 3.8) is 0 Å². The summed E-state index contributed by atoms with van der Waals surface area (Å²) >= 11 is 0. The van der Waals surface area contributed by atoms with E-state index in [4.69, 9.17) is 0 Å². The van der Waals surface area contributed by atoms with Crippen molar-refractivity contribution in [1.29, 1.82) is 0 Å². The lowest BCUT2D eigenvalue weighted by Gasteiger charge is -2.36. The van der Waals surface area contributed by atoms with Gasteiger partial charge in [-0.2, -0.15) is 0 Å². The zero-order valence-corrected chi connectivity index (χ0v) is 13.0. The Morgan fingerprint density at radius 3 is 2.65 bits per heavy atom. The van der Waals surface area contributed by atoms with Crippen LogP contribution in [0, 0.1) is 0 Å². The Morgan fingerprint density at radius 1 is 1.40 bits per heavy atom. The summed E-state index contributed by atoms with van der Waals surface area (Å²) in [7, 11) is 0. The molecule has 1 N–H and O–H groups in total. The van der Waals surface area contributed by atoms with E-state index in [2.05, 4.69) is 42.6 Å². The summed E-state index contributed by atoms with van der Waals surface area (Å²) in [5.74, 6) is 1.69. The van der Waals surface area contributed by atoms with E-state index >= 15 is 0 Å². The second kappa shape index (κ2) is 6.39. The van der Waals surface area contributed by atoms with Gasteiger partial charge in [0.25, 0.3) is 0 Å². The molecule has 2 atom stereocenters. The van der Waals surface area contributed by atoms with Crippen LogP contribution in [0.15, 0.2) is 12.4 Å². The third kappa shape index (κ3) is 3.60. The van der Waals surface area contributed by atoms with Gasteiger partial charge in [-0.1, -0.05) is 13.8 Å². The van der Waals surface area contributed by atoms with Gasteiger partial charge in [0, 0.05) is 56.5 Å². The second-order valence-corrected chi connectivity index (χ2v) is 6.15. The van der Waals surface area contributed by atoms with Crippen LogP contribution in [0.4, 0.5) is 0 Å². The lowest BCUT2D eigenvalue weighted by atomic mass is 10.1. The summed E-state index contributed by atoms with van der Waals surface area (Å²) in [5.41, 5.74) is 0. The van der Waals surface area contributed by atoms with E-state index in [1.165, 1.54) is 0 Å². The fourth-order valence-corrected chi connectivity index (χ4v) is 2.92. The SMILES string of the molecule is CC(C)c1nccn1CCC(=O)N1C[C@@H](C)N[C@H](C)C1. The standard InChI is InChI=1S/C15H26N4O/c1-11(2)15-16-6-8-18(15)7-5-14(20)19-9-12(3)17-13(4)10-19/h6,8,11-13,17H,5,7,9-10H2,1-4H3/t12-,13-/m1/s1. The van der Waals surface area contributed by atoms with Gasteiger partial charge in [0.05, 0.1) is 0 Å². The summed E-state index contributed by atoms with van der Waals surface area (Å²) in [4.78, 5) is 18.7. The molecule has 0 unspecified atom stereocenters. The lowest BCUT2D eigenvalue weighted by Crippen LogP contribution is -2.55. The van der Waals surface area contributed by atoms with Crippen molar-refractivity contribution >= 4 is 5.91 Å². The molecule has 1 aromatic rings. The number of piperazine rings is 1. The summed E-state index contributed by atoms with van der Waals surface area (Å²) < 4.78 is 2.09. The highest BCUT2D eigenvalue weighted by molar-refractivity contribution is 5.76. The number of nitrogens with zero attached hydrogens (tertiary/aromatic N) is 3. The van der Waals surface area contributed by atoms with Crippen molar-refractivity contribution in [3.05, 3.63) is 18.2 Å². The summed E-state index contributed by atoms with van der Waals surface area (Å²) in [6, 6.07) is 0.754. The van der Waals surface area contributed by atoms with Gasteiger partial charge in [-0.3, -0.25) is 4.79 Å². The number of imidazole rings is 1. The maximum atomic E-state index is 12.3. The zero-order chi connectivity index (χ0) is 14.7. The number of nitrogens with one attached hydrogen (secondary N) is 1. The summed E-state index contributed by atoms with van der Waals surface area (Å²) in [6.45, 7) is 10.8. The number of carbonyl (C=O) groups is 1. The first-order chi connectivity index (χ1) is 9.47. The van der Waals surface area contributed by atoms with Crippen LogP contribution in [0.25, 0.3) is 0 Å². The maximum absolute atomic E-state index is 12.3. The van der Waals surface area contributed by atoms with E-state index in [1.807, 2.05) is 17.3 Å². The molecule has 0 aromatic carbocycles. The predicted octanol–water partition coefficient (Wildman–Crippen LogP) is 1.61. The Morgan fingerprint density at radius 2 is 2.05 bits per heavy atom. The molecular weight excluding hydrogens is 252 g/mol. The molecule has 0 bridgehead atoms. The van der Waals surface area contributed by atoms with Crippen molar-refractivity contribution in [2.24, 2.45) is 0 Å². The number of amides is 1. The second-order valence-electron chi connectivity index (χ2n) is 6.15. The van der Waals surface area contributed by atoms with Crippen LogP contribution in [0.2, 0.25) is 0 Å². The average Bonchev–Trinajstić information content (AvgIpc) is 2.83. The van der Waals surface area contributed by atoms with Gasteiger partial charge < -0.3 is 14.8 Å². The number of aromatic nitrogens is 2. The topological polar surface area (TPSA) is 50.2 Å². The molecule has 1 saturated heterocycles. The third-order valence-electron chi connectivity index (χ3n) is 3.74. The van der Waals surface area contributed by atoms with E-state index in [0.717, 1.165) is 25.5 Å². The van der Waals surface area contributed by atoms with Crippen LogP contribution in [-0.2, 0) is 11.3 Å². The van der Waals surface area contributed by atoms with Crippen molar-refractivity contribution in [1.82, 2.24) is 19.8 Å². The first-order valence-electron chi connectivity index (χ1n) is 7.52. The van der Waals surface area contributed by atoms with Gasteiger partial charge in [0.1, 0.15) is 5.82 Å². The van der Waals surface area contributed by atoms with E-state index in [1.54, 1.807) is 0 Å². The highest BCUT2D eigenvalue weighted by atomic mass is 16.2. The highest BCUT2D eigenvalue weighted by Crippen LogP contribution is 2.13. The molecule has 2 rings (SSSR count). The molecule has 0 aliphatic carbocycles. The molecule has 5 heteroatoms. The molecule has 1 aliphatic rings. The van der Waals surface area contributed by atoms with E-state index in [0.29, 0.717) is 24.4 Å². The van der Waals surface area contributed by atoms with Gasteiger partial charge in [0.2, 0.25) is 5.91 Å². The van der Waals surface area contributed by atoms with Crippen LogP contribution in [0.5, 0.6) is 0 Å². The Balaban J connectivity index is 1.90. The molecule has 5 nitrogen and oxygen atoms in total. The number of carbonyl (C=O) groups excluding carboxylic acids is 1. The molecule has 2 heterocycles. The van der Waals surface area contributed by atoms with Gasteiger partial charge >= 0.3 is 0 Å². The van der Waals surface area contributed by atoms with Crippen molar-refractivity contribution in [2.45, 2.75) is 58.7 Å². The van der Waals surface area contributed by atoms with Gasteiger partial charge in [-0.15, -0.1) is 0 Å². The van der Waals surface area contributed by atoms with Crippen molar-refractivity contribution in [3.8, 4) is 0 Å². The maximum Gasteiger partial charge on any atom is 0.224 e. The molecule has 1 amide bonds. The van der Waals surface area contributed by atoms with Gasteiger partial charge in [-0.05, 0) is 13.8 Å². The van der Waals surface area contributed by atoms with Crippen LogP contribution >= 0.6 is 0 Å². The van der Waals surface area contributed by atoms with Gasteiger partial charge in [0.15, 0.2) is 0 Å². The van der Waals surface area contributed by atoms with Crippen LogP contribution in [0.3, 0.4) is 0 Å². The van der Waals surface area contributed by atoms with Crippen molar-refractivity contribution < 1.29 is 4.79 Å². The fourth-order valence-electron chi connectivity index (χ4n) is 2.92. The monoisotopic (exact) mass is 278 g/mol. The molecule has 20 heavy (non-hydrogen) atoms. The quantitative estimate of drug-likeness (QED) is 0.910. The minimum atomic E-state index is 0.244. The lowest BCUT2D eigenvalue weighted by molar-refractivity contribution is -0.133. The minimum absolute atomic E-state index is 0.244. The Hall–Kier alpha value is -1.36. The fraction of sp³-hybridized carbons (Fsp3) is 0.733. The normalized spacial score (nSPS) is 23.4. The number of hydrogen-bond donors (Lipinski definition) is 1. The molecule has 0 spiro atoms. The van der Waals surface area contributed by atoms with E-state index in [9.17, 15) is 4.79 Å². The largest absolute Gasteiger partial charge is 0.340 e.